The van der Waals surface area contributed by atoms with E-state index >= 15 is 0 Å². The summed E-state index contributed by atoms with van der Waals surface area (Å²) < 4.78 is 77.5. The number of rotatable bonds is 5. The summed E-state index contributed by atoms with van der Waals surface area (Å²) in [4.78, 5) is 0. The number of nitrogens with zero attached hydrogens (tertiary/aromatic N) is 2. The lowest BCUT2D eigenvalue weighted by molar-refractivity contribution is -0.142. The second-order valence-corrected chi connectivity index (χ2v) is 6.83. The van der Waals surface area contributed by atoms with Crippen LogP contribution in [0.25, 0.3) is 0 Å². The van der Waals surface area contributed by atoms with Crippen molar-refractivity contribution in [1.29, 1.82) is 0 Å². The van der Waals surface area contributed by atoms with Crippen molar-refractivity contribution < 1.29 is 31.3 Å². The molecule has 0 bridgehead atoms. The van der Waals surface area contributed by atoms with Gasteiger partial charge in [-0.15, -0.1) is 0 Å². The van der Waals surface area contributed by atoms with Gasteiger partial charge in [0.05, 0.1) is 17.7 Å². The van der Waals surface area contributed by atoms with E-state index in [9.17, 15) is 22.0 Å². The molecule has 0 unspecified atom stereocenters. The van der Waals surface area contributed by atoms with Gasteiger partial charge in [-0.3, -0.25) is 4.68 Å². The highest BCUT2D eigenvalue weighted by atomic mass is 19.4. The van der Waals surface area contributed by atoms with Crippen LogP contribution < -0.4 is 0 Å². The predicted octanol–water partition coefficient (Wildman–Crippen LogP) is 3.90. The molecule has 4 nitrogen and oxygen atoms in total. The summed E-state index contributed by atoms with van der Waals surface area (Å²) in [6.45, 7) is 5.81. The van der Waals surface area contributed by atoms with Crippen LogP contribution in [0.2, 0.25) is 0 Å². The first kappa shape index (κ1) is 19.9. The van der Waals surface area contributed by atoms with Gasteiger partial charge < -0.3 is 9.31 Å². The third-order valence-electron chi connectivity index (χ3n) is 4.41. The molecule has 140 valence electrons. The molecule has 0 radical (unpaired) electrons. The smallest absolute Gasteiger partial charge is 0.398 e. The van der Waals surface area contributed by atoms with Crippen LogP contribution >= 0.6 is 0 Å². The van der Waals surface area contributed by atoms with Crippen molar-refractivity contribution in [3.05, 3.63) is 29.3 Å². The minimum Gasteiger partial charge on any atom is -0.398 e. The monoisotopic (exact) mass is 366 g/mol. The molecule has 0 atom stereocenters. The van der Waals surface area contributed by atoms with Gasteiger partial charge in [0, 0.05) is 11.8 Å². The molecule has 0 saturated carbocycles. The van der Waals surface area contributed by atoms with Gasteiger partial charge in [-0.25, -0.2) is 8.78 Å². The minimum atomic E-state index is -4.70. The Labute approximate surface area is 143 Å². The third-order valence-corrected chi connectivity index (χ3v) is 4.41. The second kappa shape index (κ2) is 6.72. The highest BCUT2D eigenvalue weighted by Crippen LogP contribution is 2.39. The van der Waals surface area contributed by atoms with Gasteiger partial charge in [0.25, 0.3) is 0 Å². The van der Waals surface area contributed by atoms with Crippen LogP contribution in [-0.2, 0) is 28.5 Å². The number of halogens is 5. The van der Waals surface area contributed by atoms with E-state index < -0.39 is 42.6 Å². The molecule has 2 rings (SSSR count). The van der Waals surface area contributed by atoms with Crippen LogP contribution in [0.1, 0.15) is 39.0 Å². The summed E-state index contributed by atoms with van der Waals surface area (Å²) in [6, 6.07) is 0. The van der Waals surface area contributed by atoms with E-state index in [0.29, 0.717) is 0 Å². The fourth-order valence-electron chi connectivity index (χ4n) is 2.31. The molecule has 10 heteroatoms. The number of hydrogen-bond acceptors (Lipinski definition) is 3. The molecule has 1 aromatic rings. The van der Waals surface area contributed by atoms with E-state index in [4.69, 9.17) is 9.31 Å². The maximum Gasteiger partial charge on any atom is 0.524 e. The Kier molecular flexibility index (Phi) is 5.35. The standard InChI is InChI=1S/C15H20BF5N2O2/c1-13(2)14(3,4)25-16(24-13)11(18)6-5-10-9-23(8-7-17)22-12(10)15(19,20)21/h6,9H,5,7-8H2,1-4H3. The molecule has 25 heavy (non-hydrogen) atoms. The number of alkyl halides is 4. The molecule has 1 aliphatic rings. The highest BCUT2D eigenvalue weighted by Gasteiger charge is 2.53. The molecule has 0 aliphatic carbocycles. The normalized spacial score (nSPS) is 20.4. The van der Waals surface area contributed by atoms with Gasteiger partial charge in [-0.1, -0.05) is 6.08 Å². The Morgan fingerprint density at radius 3 is 2.28 bits per heavy atom. The van der Waals surface area contributed by atoms with Crippen LogP contribution in [0, 0.1) is 0 Å². The molecule has 0 N–H and O–H groups in total. The molecule has 0 aromatic carbocycles. The molecule has 1 aliphatic heterocycles. The number of allylic oxidation sites excluding steroid dienone is 1. The summed E-state index contributed by atoms with van der Waals surface area (Å²) in [7, 11) is -1.28. The minimum absolute atomic E-state index is 0.243. The quantitative estimate of drug-likeness (QED) is 0.586. The van der Waals surface area contributed by atoms with Crippen LogP contribution in [0.4, 0.5) is 22.0 Å². The van der Waals surface area contributed by atoms with Crippen LogP contribution in [0.3, 0.4) is 0 Å². The lowest BCUT2D eigenvalue weighted by Crippen LogP contribution is -2.41. The Bertz CT molecular complexity index is 639. The summed E-state index contributed by atoms with van der Waals surface area (Å²) in [6.07, 6.45) is -3.03. The summed E-state index contributed by atoms with van der Waals surface area (Å²) in [5.41, 5.74) is -3.73. The van der Waals surface area contributed by atoms with E-state index in [1.54, 1.807) is 27.7 Å². The van der Waals surface area contributed by atoms with E-state index in [1.807, 2.05) is 0 Å². The summed E-state index contributed by atoms with van der Waals surface area (Å²) in [5.74, 6) is 0. The van der Waals surface area contributed by atoms with Crippen molar-refractivity contribution in [2.45, 2.75) is 58.0 Å². The van der Waals surface area contributed by atoms with Crippen molar-refractivity contribution in [2.75, 3.05) is 6.67 Å². The SMILES string of the molecule is CC1(C)OB(C(F)=CCc2cn(CCF)nc2C(F)(F)F)OC1(C)C. The van der Waals surface area contributed by atoms with Gasteiger partial charge in [0.1, 0.15) is 12.4 Å². The van der Waals surface area contributed by atoms with Crippen molar-refractivity contribution in [2.24, 2.45) is 0 Å². The lowest BCUT2D eigenvalue weighted by atomic mass is 9.87. The summed E-state index contributed by atoms with van der Waals surface area (Å²) >= 11 is 0. The Morgan fingerprint density at radius 2 is 1.80 bits per heavy atom. The van der Waals surface area contributed by atoms with Crippen molar-refractivity contribution in [3.8, 4) is 0 Å². The van der Waals surface area contributed by atoms with Gasteiger partial charge in [0.15, 0.2) is 5.69 Å². The molecule has 0 spiro atoms. The van der Waals surface area contributed by atoms with Crippen LogP contribution in [-0.4, -0.2) is 34.8 Å². The molecule has 2 heterocycles. The van der Waals surface area contributed by atoms with Gasteiger partial charge in [-0.2, -0.15) is 18.3 Å². The zero-order valence-electron chi connectivity index (χ0n) is 14.5. The fourth-order valence-corrected chi connectivity index (χ4v) is 2.31. The average molecular weight is 366 g/mol. The first-order valence-corrected chi connectivity index (χ1v) is 7.78. The number of hydrogen-bond donors (Lipinski definition) is 0. The van der Waals surface area contributed by atoms with Gasteiger partial charge in [0.2, 0.25) is 0 Å². The van der Waals surface area contributed by atoms with E-state index in [1.165, 1.54) is 0 Å². The van der Waals surface area contributed by atoms with E-state index in [-0.39, 0.29) is 18.5 Å². The largest absolute Gasteiger partial charge is 0.524 e. The zero-order chi connectivity index (χ0) is 19.0. The zero-order valence-corrected chi connectivity index (χ0v) is 14.5. The Balaban J connectivity index is 2.18. The molecular formula is C15H20BF5N2O2. The van der Waals surface area contributed by atoms with Gasteiger partial charge in [-0.05, 0) is 34.1 Å². The topological polar surface area (TPSA) is 36.3 Å². The summed E-state index contributed by atoms with van der Waals surface area (Å²) in [5, 5.41) is 3.33. The molecule has 1 fully saturated rings. The van der Waals surface area contributed by atoms with Crippen molar-refractivity contribution in [3.63, 3.8) is 0 Å². The van der Waals surface area contributed by atoms with Crippen molar-refractivity contribution in [1.82, 2.24) is 9.78 Å². The number of aromatic nitrogens is 2. The first-order valence-electron chi connectivity index (χ1n) is 7.78. The third kappa shape index (κ3) is 4.23. The fraction of sp³-hybridized carbons (Fsp3) is 0.667. The van der Waals surface area contributed by atoms with Crippen molar-refractivity contribution >= 4 is 7.12 Å². The van der Waals surface area contributed by atoms with E-state index in [0.717, 1.165) is 17.0 Å². The Hall–Kier alpha value is -1.42. The highest BCUT2D eigenvalue weighted by molar-refractivity contribution is 6.53. The first-order chi connectivity index (χ1) is 11.4. The maximum absolute atomic E-state index is 14.3. The number of aryl methyl sites for hydroxylation is 1. The predicted molar refractivity (Wildman–Crippen MR) is 82.2 cm³/mol. The lowest BCUT2D eigenvalue weighted by Gasteiger charge is -2.32. The maximum atomic E-state index is 14.3. The van der Waals surface area contributed by atoms with Crippen LogP contribution in [0.15, 0.2) is 18.0 Å². The Morgan fingerprint density at radius 1 is 1.24 bits per heavy atom. The second-order valence-electron chi connectivity index (χ2n) is 6.83. The average Bonchev–Trinajstić information content (AvgIpc) is 2.95. The van der Waals surface area contributed by atoms with Gasteiger partial charge >= 0.3 is 13.3 Å². The molecule has 0 amide bonds. The molecule has 1 aromatic heterocycles. The molecule has 1 saturated heterocycles. The van der Waals surface area contributed by atoms with E-state index in [2.05, 4.69) is 5.10 Å². The molecular weight excluding hydrogens is 346 g/mol. The van der Waals surface area contributed by atoms with Crippen LogP contribution in [0.5, 0.6) is 0 Å².